The van der Waals surface area contributed by atoms with E-state index in [0.29, 0.717) is 11.0 Å². The first kappa shape index (κ1) is 19.6. The fourth-order valence-corrected chi connectivity index (χ4v) is 6.11. The third-order valence-electron chi connectivity index (χ3n) is 7.67. The zero-order chi connectivity index (χ0) is 22.9. The second kappa shape index (κ2) is 7.10. The van der Waals surface area contributed by atoms with Gasteiger partial charge < -0.3 is 14.4 Å². The lowest BCUT2D eigenvalue weighted by atomic mass is 9.79. The molecule has 2 N–H and O–H groups in total. The topological polar surface area (TPSA) is 74.9 Å². The summed E-state index contributed by atoms with van der Waals surface area (Å²) in [5.41, 5.74) is 14.2. The van der Waals surface area contributed by atoms with Crippen molar-refractivity contribution < 1.29 is 0 Å². The van der Waals surface area contributed by atoms with E-state index in [9.17, 15) is 0 Å². The molecule has 0 bridgehead atoms. The van der Waals surface area contributed by atoms with Crippen LogP contribution in [0.1, 0.15) is 23.2 Å². The van der Waals surface area contributed by atoms with E-state index in [-0.39, 0.29) is 0 Å². The van der Waals surface area contributed by atoms with E-state index in [1.54, 1.807) is 0 Å². The van der Waals surface area contributed by atoms with Gasteiger partial charge in [-0.1, -0.05) is 12.1 Å². The molecular formula is C26H26N8. The molecule has 1 spiro atoms. The average Bonchev–Trinajstić information content (AvgIpc) is 3.56. The number of fused-ring (bicyclic) bond motifs is 5. The molecule has 0 radical (unpaired) electrons. The number of hydrogen-bond donors (Lipinski definition) is 2. The van der Waals surface area contributed by atoms with E-state index in [1.165, 1.54) is 30.8 Å². The van der Waals surface area contributed by atoms with Crippen molar-refractivity contribution in [3.63, 3.8) is 0 Å². The van der Waals surface area contributed by atoms with Crippen molar-refractivity contribution in [2.45, 2.75) is 13.0 Å². The number of likely N-dealkylation sites (tertiary alicyclic amines) is 1. The molecule has 2 aromatic carbocycles. The molecule has 1 aromatic heterocycles. The largest absolute Gasteiger partial charge is 0.371 e. The smallest absolute Gasteiger partial charge is 0.194 e. The molecule has 34 heavy (non-hydrogen) atoms. The molecule has 5 heterocycles. The molecular weight excluding hydrogens is 424 g/mol. The molecule has 7 rings (SSSR count). The highest BCUT2D eigenvalue weighted by atomic mass is 15.8. The van der Waals surface area contributed by atoms with Crippen molar-refractivity contribution in [2.24, 2.45) is 10.5 Å². The highest BCUT2D eigenvalue weighted by Crippen LogP contribution is 2.41. The SMILES string of the molecule is CN1CC2(CCN(c3ccc4c(c3)Cn3cc(-c5ccc(C#N)cc5)cc3C3=NNNN34)C2)C1. The second-order valence-electron chi connectivity index (χ2n) is 10.1. The van der Waals surface area contributed by atoms with Gasteiger partial charge in [0.05, 0.1) is 23.0 Å². The third kappa shape index (κ3) is 2.94. The number of nitriles is 1. The molecule has 0 saturated carbocycles. The van der Waals surface area contributed by atoms with Crippen LogP contribution < -0.4 is 21.0 Å². The minimum Gasteiger partial charge on any atom is -0.371 e. The van der Waals surface area contributed by atoms with Crippen LogP contribution in [0.15, 0.2) is 59.8 Å². The van der Waals surface area contributed by atoms with Gasteiger partial charge >= 0.3 is 0 Å². The summed E-state index contributed by atoms with van der Waals surface area (Å²) in [6.07, 6.45) is 3.46. The van der Waals surface area contributed by atoms with E-state index in [0.717, 1.165) is 48.0 Å². The highest BCUT2D eigenvalue weighted by Gasteiger charge is 2.46. The number of nitrogens with zero attached hydrogens (tertiary/aromatic N) is 6. The molecule has 4 aliphatic rings. The fourth-order valence-electron chi connectivity index (χ4n) is 6.11. The van der Waals surface area contributed by atoms with Crippen LogP contribution in [0.5, 0.6) is 0 Å². The monoisotopic (exact) mass is 450 g/mol. The minimum atomic E-state index is 0.478. The van der Waals surface area contributed by atoms with E-state index in [4.69, 9.17) is 5.26 Å². The van der Waals surface area contributed by atoms with Gasteiger partial charge in [0.15, 0.2) is 5.84 Å². The molecule has 3 aromatic rings. The normalized spacial score (nSPS) is 20.1. The van der Waals surface area contributed by atoms with Crippen LogP contribution in [0, 0.1) is 16.7 Å². The quantitative estimate of drug-likeness (QED) is 0.626. The second-order valence-corrected chi connectivity index (χ2v) is 10.1. The maximum Gasteiger partial charge on any atom is 0.194 e. The van der Waals surface area contributed by atoms with E-state index in [1.807, 2.05) is 29.3 Å². The van der Waals surface area contributed by atoms with Gasteiger partial charge in [-0.15, -0.1) is 10.6 Å². The van der Waals surface area contributed by atoms with Crippen LogP contribution >= 0.6 is 0 Å². The maximum absolute atomic E-state index is 9.12. The van der Waals surface area contributed by atoms with Crippen molar-refractivity contribution in [3.05, 3.63) is 71.5 Å². The lowest BCUT2D eigenvalue weighted by molar-refractivity contribution is 0.0424. The Morgan fingerprint density at radius 1 is 1.03 bits per heavy atom. The fraction of sp³-hybridized carbons (Fsp3) is 0.308. The first-order valence-electron chi connectivity index (χ1n) is 11.8. The molecule has 2 fully saturated rings. The van der Waals surface area contributed by atoms with Crippen molar-refractivity contribution in [2.75, 3.05) is 43.1 Å². The summed E-state index contributed by atoms with van der Waals surface area (Å²) < 4.78 is 2.27. The lowest BCUT2D eigenvalue weighted by Gasteiger charge is -2.46. The Kier molecular flexibility index (Phi) is 4.10. The van der Waals surface area contributed by atoms with Gasteiger partial charge in [0.1, 0.15) is 0 Å². The Hall–Kier alpha value is -3.80. The van der Waals surface area contributed by atoms with E-state index >= 15 is 0 Å². The summed E-state index contributed by atoms with van der Waals surface area (Å²) in [7, 11) is 2.22. The van der Waals surface area contributed by atoms with E-state index < -0.39 is 0 Å². The summed E-state index contributed by atoms with van der Waals surface area (Å²) in [6, 6.07) is 18.9. The van der Waals surface area contributed by atoms with Gasteiger partial charge in [-0.2, -0.15) is 5.26 Å². The van der Waals surface area contributed by atoms with Crippen molar-refractivity contribution >= 4 is 17.2 Å². The van der Waals surface area contributed by atoms with Gasteiger partial charge in [-0.05, 0) is 61.0 Å². The van der Waals surface area contributed by atoms with Crippen LogP contribution in [0.3, 0.4) is 0 Å². The van der Waals surface area contributed by atoms with Gasteiger partial charge in [0.25, 0.3) is 0 Å². The number of hydrogen-bond acceptors (Lipinski definition) is 7. The average molecular weight is 451 g/mol. The summed E-state index contributed by atoms with van der Waals surface area (Å²) in [6.45, 7) is 5.46. The van der Waals surface area contributed by atoms with Gasteiger partial charge in [-0.3, -0.25) is 0 Å². The summed E-state index contributed by atoms with van der Waals surface area (Å²) in [5, 5.41) is 15.7. The van der Waals surface area contributed by atoms with Crippen LogP contribution in [0.4, 0.5) is 11.4 Å². The number of hydrazone groups is 1. The summed E-state index contributed by atoms with van der Waals surface area (Å²) in [4.78, 5) is 4.98. The highest BCUT2D eigenvalue weighted by molar-refractivity contribution is 6.10. The number of hydrazine groups is 2. The number of anilines is 2. The number of rotatable bonds is 2. The van der Waals surface area contributed by atoms with Gasteiger partial charge in [-0.25, -0.2) is 10.5 Å². The number of nitrogens with one attached hydrogen (secondary N) is 2. The van der Waals surface area contributed by atoms with Crippen LogP contribution in [-0.4, -0.2) is 48.5 Å². The van der Waals surface area contributed by atoms with Crippen LogP contribution in [-0.2, 0) is 6.54 Å². The molecule has 4 aliphatic heterocycles. The number of benzene rings is 2. The zero-order valence-electron chi connectivity index (χ0n) is 19.1. The van der Waals surface area contributed by atoms with Crippen molar-refractivity contribution in [1.29, 1.82) is 5.26 Å². The Morgan fingerprint density at radius 2 is 1.88 bits per heavy atom. The Morgan fingerprint density at radius 3 is 2.68 bits per heavy atom. The maximum atomic E-state index is 9.12. The molecule has 8 heteroatoms. The van der Waals surface area contributed by atoms with Crippen molar-refractivity contribution in [3.8, 4) is 17.2 Å². The van der Waals surface area contributed by atoms with Crippen LogP contribution in [0.2, 0.25) is 0 Å². The molecule has 0 atom stereocenters. The Bertz CT molecular complexity index is 1360. The predicted octanol–water partition coefficient (Wildman–Crippen LogP) is 2.72. The molecule has 0 amide bonds. The van der Waals surface area contributed by atoms with Gasteiger partial charge in [0, 0.05) is 55.6 Å². The summed E-state index contributed by atoms with van der Waals surface area (Å²) in [5.74, 6) is 0.851. The van der Waals surface area contributed by atoms with Crippen molar-refractivity contribution in [1.82, 2.24) is 20.5 Å². The molecule has 2 saturated heterocycles. The summed E-state index contributed by atoms with van der Waals surface area (Å²) >= 11 is 0. The first-order valence-corrected chi connectivity index (χ1v) is 11.8. The van der Waals surface area contributed by atoms with Gasteiger partial charge in [0.2, 0.25) is 0 Å². The Labute approximate surface area is 198 Å². The minimum absolute atomic E-state index is 0.478. The molecule has 170 valence electrons. The van der Waals surface area contributed by atoms with Crippen LogP contribution in [0.25, 0.3) is 11.1 Å². The lowest BCUT2D eigenvalue weighted by Crippen LogP contribution is -2.55. The zero-order valence-corrected chi connectivity index (χ0v) is 19.1. The standard InChI is InChI=1S/C26H26N8/c1-31-15-26(16-31)8-9-32(17-26)22-6-7-23-21(10-22)14-33-13-20(19-4-2-18(12-27)3-5-19)11-24(33)25-28-29-30-34(23)25/h2-7,10-11,13,29-30H,8-9,14-17H2,1H3. The molecule has 0 aliphatic carbocycles. The molecule has 8 nitrogen and oxygen atoms in total. The molecule has 0 unspecified atom stereocenters. The predicted molar refractivity (Wildman–Crippen MR) is 132 cm³/mol. The first-order chi connectivity index (χ1) is 16.6. The third-order valence-corrected chi connectivity index (χ3v) is 7.67. The Balaban J connectivity index is 1.24. The number of aromatic nitrogens is 1. The number of amidine groups is 1. The van der Waals surface area contributed by atoms with E-state index in [2.05, 4.69) is 74.1 Å².